The lowest BCUT2D eigenvalue weighted by Gasteiger charge is -2.11. The highest BCUT2D eigenvalue weighted by molar-refractivity contribution is 5.92. The predicted molar refractivity (Wildman–Crippen MR) is 78.9 cm³/mol. The van der Waals surface area contributed by atoms with Crippen LogP contribution in [0.15, 0.2) is 30.5 Å². The first kappa shape index (κ1) is 15.2. The van der Waals surface area contributed by atoms with Gasteiger partial charge in [0.15, 0.2) is 0 Å². The van der Waals surface area contributed by atoms with E-state index in [4.69, 9.17) is 14.2 Å². The topological polar surface area (TPSA) is 101 Å². The number of nitro groups is 1. The van der Waals surface area contributed by atoms with Crippen molar-refractivity contribution in [3.05, 3.63) is 40.6 Å². The second kappa shape index (κ2) is 6.57. The highest BCUT2D eigenvalue weighted by atomic mass is 16.7. The fraction of sp³-hybridized carbons (Fsp3) is 0.333. The Morgan fingerprint density at radius 2 is 2.30 bits per heavy atom. The average Bonchev–Trinajstić information content (AvgIpc) is 3.09. The number of pyridine rings is 1. The molecule has 1 fully saturated rings. The number of nitrogens with zero attached hydrogens (tertiary/aromatic N) is 2. The van der Waals surface area contributed by atoms with Crippen LogP contribution in [0.25, 0.3) is 10.9 Å². The lowest BCUT2D eigenvalue weighted by Crippen LogP contribution is -2.20. The normalized spacial score (nSPS) is 17.1. The maximum Gasteiger partial charge on any atom is 0.314 e. The maximum atomic E-state index is 11.8. The smallest absolute Gasteiger partial charge is 0.314 e. The van der Waals surface area contributed by atoms with Crippen LogP contribution < -0.4 is 4.74 Å². The molecule has 2 heterocycles. The van der Waals surface area contributed by atoms with E-state index < -0.39 is 4.92 Å². The SMILES string of the molecule is O=C(OCOc1ccc([N+](=O)[O-])c2cccnc12)C1CCOC1. The van der Waals surface area contributed by atoms with E-state index in [0.717, 1.165) is 0 Å². The number of hydrogen-bond acceptors (Lipinski definition) is 7. The van der Waals surface area contributed by atoms with Gasteiger partial charge in [0.05, 0.1) is 22.8 Å². The lowest BCUT2D eigenvalue weighted by molar-refractivity contribution is -0.383. The Morgan fingerprint density at radius 3 is 3.04 bits per heavy atom. The number of benzene rings is 1. The Kier molecular flexibility index (Phi) is 4.33. The lowest BCUT2D eigenvalue weighted by atomic mass is 10.1. The van der Waals surface area contributed by atoms with Crippen LogP contribution in [-0.2, 0) is 14.3 Å². The first-order valence-corrected chi connectivity index (χ1v) is 7.06. The molecule has 0 amide bonds. The highest BCUT2D eigenvalue weighted by Gasteiger charge is 2.25. The molecule has 1 unspecified atom stereocenters. The van der Waals surface area contributed by atoms with E-state index in [1.165, 1.54) is 18.3 Å². The van der Waals surface area contributed by atoms with Gasteiger partial charge in [-0.25, -0.2) is 0 Å². The zero-order chi connectivity index (χ0) is 16.2. The van der Waals surface area contributed by atoms with Gasteiger partial charge in [0.2, 0.25) is 6.79 Å². The molecule has 0 saturated carbocycles. The van der Waals surface area contributed by atoms with Crippen molar-refractivity contribution in [2.24, 2.45) is 5.92 Å². The molecular weight excluding hydrogens is 304 g/mol. The van der Waals surface area contributed by atoms with Gasteiger partial charge in [0.25, 0.3) is 5.69 Å². The molecule has 23 heavy (non-hydrogen) atoms. The molecule has 1 atom stereocenters. The number of carbonyl (C=O) groups is 1. The summed E-state index contributed by atoms with van der Waals surface area (Å²) in [4.78, 5) is 26.4. The molecule has 1 saturated heterocycles. The second-order valence-corrected chi connectivity index (χ2v) is 5.03. The van der Waals surface area contributed by atoms with Gasteiger partial charge in [-0.15, -0.1) is 0 Å². The zero-order valence-corrected chi connectivity index (χ0v) is 12.1. The molecule has 0 N–H and O–H groups in total. The van der Waals surface area contributed by atoms with Gasteiger partial charge >= 0.3 is 5.97 Å². The van der Waals surface area contributed by atoms with E-state index in [0.29, 0.717) is 36.3 Å². The molecule has 1 aromatic heterocycles. The van der Waals surface area contributed by atoms with Crippen molar-refractivity contribution in [2.45, 2.75) is 6.42 Å². The molecule has 8 nitrogen and oxygen atoms in total. The number of carbonyl (C=O) groups excluding carboxylic acids is 1. The summed E-state index contributed by atoms with van der Waals surface area (Å²) in [7, 11) is 0. The third kappa shape index (κ3) is 3.21. The first-order valence-electron chi connectivity index (χ1n) is 7.06. The van der Waals surface area contributed by atoms with Crippen molar-refractivity contribution in [2.75, 3.05) is 20.0 Å². The summed E-state index contributed by atoms with van der Waals surface area (Å²) in [6.07, 6.45) is 2.15. The average molecular weight is 318 g/mol. The number of hydrogen-bond donors (Lipinski definition) is 0. The van der Waals surface area contributed by atoms with Crippen molar-refractivity contribution in [1.82, 2.24) is 4.98 Å². The molecule has 1 aliphatic heterocycles. The zero-order valence-electron chi connectivity index (χ0n) is 12.1. The van der Waals surface area contributed by atoms with Crippen molar-refractivity contribution < 1.29 is 23.9 Å². The van der Waals surface area contributed by atoms with E-state index in [9.17, 15) is 14.9 Å². The highest BCUT2D eigenvalue weighted by Crippen LogP contribution is 2.31. The molecule has 0 aliphatic carbocycles. The number of rotatable bonds is 5. The van der Waals surface area contributed by atoms with Crippen LogP contribution in [0, 0.1) is 16.0 Å². The summed E-state index contributed by atoms with van der Waals surface area (Å²) in [6.45, 7) is 0.636. The third-order valence-electron chi connectivity index (χ3n) is 3.58. The van der Waals surface area contributed by atoms with Gasteiger partial charge in [0.1, 0.15) is 11.3 Å². The fourth-order valence-electron chi connectivity index (χ4n) is 2.40. The second-order valence-electron chi connectivity index (χ2n) is 5.03. The number of aromatic nitrogens is 1. The molecule has 120 valence electrons. The summed E-state index contributed by atoms with van der Waals surface area (Å²) >= 11 is 0. The fourth-order valence-corrected chi connectivity index (χ4v) is 2.40. The van der Waals surface area contributed by atoms with Crippen LogP contribution in [0.1, 0.15) is 6.42 Å². The van der Waals surface area contributed by atoms with Crippen LogP contribution in [0.5, 0.6) is 5.75 Å². The summed E-state index contributed by atoms with van der Waals surface area (Å²) in [5.74, 6) is -0.311. The van der Waals surface area contributed by atoms with Crippen molar-refractivity contribution in [3.8, 4) is 5.75 Å². The molecule has 2 aromatic rings. The Balaban J connectivity index is 1.72. The number of esters is 1. The predicted octanol–water partition coefficient (Wildman–Crippen LogP) is 2.06. The van der Waals surface area contributed by atoms with Gasteiger partial charge < -0.3 is 14.2 Å². The minimum Gasteiger partial charge on any atom is -0.455 e. The van der Waals surface area contributed by atoms with Crippen LogP contribution in [0.2, 0.25) is 0 Å². The molecule has 1 aromatic carbocycles. The molecule has 1 aliphatic rings. The molecule has 0 spiro atoms. The third-order valence-corrected chi connectivity index (χ3v) is 3.58. The summed E-state index contributed by atoms with van der Waals surface area (Å²) in [6, 6.07) is 5.99. The summed E-state index contributed by atoms with van der Waals surface area (Å²) in [5.41, 5.74) is 0.294. The summed E-state index contributed by atoms with van der Waals surface area (Å²) < 4.78 is 15.6. The van der Waals surface area contributed by atoms with Crippen LogP contribution in [-0.4, -0.2) is 35.9 Å². The Bertz CT molecular complexity index is 742. The van der Waals surface area contributed by atoms with Crippen molar-refractivity contribution >= 4 is 22.6 Å². The van der Waals surface area contributed by atoms with Gasteiger partial charge in [0, 0.05) is 18.9 Å². The van der Waals surface area contributed by atoms with Gasteiger partial charge in [-0.2, -0.15) is 0 Å². The number of non-ortho nitro benzene ring substituents is 1. The first-order chi connectivity index (χ1) is 11.2. The van der Waals surface area contributed by atoms with Crippen LogP contribution >= 0.6 is 0 Å². The summed E-state index contributed by atoms with van der Waals surface area (Å²) in [5, 5.41) is 11.4. The van der Waals surface area contributed by atoms with Gasteiger partial charge in [-0.05, 0) is 24.6 Å². The van der Waals surface area contributed by atoms with E-state index >= 15 is 0 Å². The Morgan fingerprint density at radius 1 is 1.43 bits per heavy atom. The molecule has 0 bridgehead atoms. The number of nitro benzene ring substituents is 1. The largest absolute Gasteiger partial charge is 0.455 e. The standard InChI is InChI=1S/C15H14N2O6/c18-15(10-5-7-21-8-10)23-9-22-13-4-3-12(17(19)20)11-2-1-6-16-14(11)13/h1-4,6,10H,5,7-9H2. The molecule has 3 rings (SSSR count). The van der Waals surface area contributed by atoms with E-state index in [1.54, 1.807) is 12.1 Å². The molecular formula is C15H14N2O6. The minimum absolute atomic E-state index is 0.0550. The monoisotopic (exact) mass is 318 g/mol. The van der Waals surface area contributed by atoms with E-state index in [-0.39, 0.29) is 24.4 Å². The van der Waals surface area contributed by atoms with E-state index in [2.05, 4.69) is 4.98 Å². The van der Waals surface area contributed by atoms with Crippen molar-refractivity contribution in [3.63, 3.8) is 0 Å². The van der Waals surface area contributed by atoms with Crippen molar-refractivity contribution in [1.29, 1.82) is 0 Å². The number of fused-ring (bicyclic) bond motifs is 1. The van der Waals surface area contributed by atoms with Gasteiger partial charge in [-0.3, -0.25) is 19.9 Å². The molecule has 0 radical (unpaired) electrons. The molecule has 8 heteroatoms. The van der Waals surface area contributed by atoms with Crippen LogP contribution in [0.4, 0.5) is 5.69 Å². The van der Waals surface area contributed by atoms with Gasteiger partial charge in [-0.1, -0.05) is 0 Å². The Hall–Kier alpha value is -2.74. The maximum absolute atomic E-state index is 11.8. The number of ether oxygens (including phenoxy) is 3. The minimum atomic E-state index is -0.478. The Labute approximate surface area is 131 Å². The van der Waals surface area contributed by atoms with Crippen LogP contribution in [0.3, 0.4) is 0 Å². The van der Waals surface area contributed by atoms with E-state index in [1.807, 2.05) is 0 Å². The quantitative estimate of drug-likeness (QED) is 0.360.